The zero-order valence-corrected chi connectivity index (χ0v) is 23.5. The van der Waals surface area contributed by atoms with Crippen molar-refractivity contribution in [2.24, 2.45) is 0 Å². The summed E-state index contributed by atoms with van der Waals surface area (Å²) in [5.41, 5.74) is 0. The third-order valence-electron chi connectivity index (χ3n) is 5.56. The van der Waals surface area contributed by atoms with Gasteiger partial charge in [-0.25, -0.2) is 33.7 Å². The van der Waals surface area contributed by atoms with Crippen molar-refractivity contribution in [3.05, 3.63) is 0 Å². The molecule has 0 aliphatic rings. The molecule has 0 aromatic carbocycles. The second kappa shape index (κ2) is 15.7. The van der Waals surface area contributed by atoms with Crippen molar-refractivity contribution in [2.75, 3.05) is 30.5 Å². The summed E-state index contributed by atoms with van der Waals surface area (Å²) in [6.07, 6.45) is 1.97. The molecule has 0 saturated heterocycles. The van der Waals surface area contributed by atoms with Crippen LogP contribution in [0, 0.1) is 0 Å². The van der Waals surface area contributed by atoms with Crippen LogP contribution in [0.25, 0.3) is 0 Å². The largest absolute Gasteiger partial charge is 0.396 e. The summed E-state index contributed by atoms with van der Waals surface area (Å²) < 4.78 is 99.2. The number of aliphatic hydroxyl groups excluding tert-OH is 2. The maximum atomic E-state index is 12.8. The lowest BCUT2D eigenvalue weighted by Crippen LogP contribution is -2.37. The van der Waals surface area contributed by atoms with Crippen LogP contribution in [0.3, 0.4) is 0 Å². The second-order valence-electron chi connectivity index (χ2n) is 8.47. The number of hydrogen-bond donors (Lipinski definition) is 2. The Labute approximate surface area is 205 Å². The molecule has 206 valence electrons. The Kier molecular flexibility index (Phi) is 15.6. The van der Waals surface area contributed by atoms with Crippen molar-refractivity contribution in [1.82, 2.24) is 0 Å². The molecule has 10 nitrogen and oxygen atoms in total. The van der Waals surface area contributed by atoms with Crippen molar-refractivity contribution in [3.8, 4) is 0 Å². The average Bonchev–Trinajstić information content (AvgIpc) is 2.73. The Hall–Kier alpha value is -0.280. The maximum absolute atomic E-state index is 12.8. The van der Waals surface area contributed by atoms with Crippen LogP contribution in [0.1, 0.15) is 84.5 Å². The molecule has 2 N–H and O–H groups in total. The van der Waals surface area contributed by atoms with E-state index in [1.165, 1.54) is 0 Å². The monoisotopic (exact) mass is 570 g/mol. The lowest BCUT2D eigenvalue weighted by Gasteiger charge is -2.19. The molecule has 0 amide bonds. The molecule has 2 atom stereocenters. The summed E-state index contributed by atoms with van der Waals surface area (Å²) in [6.45, 7) is 3.04. The zero-order valence-electron chi connectivity index (χ0n) is 20.3. The highest BCUT2D eigenvalue weighted by molar-refractivity contribution is 8.68. The van der Waals surface area contributed by atoms with Gasteiger partial charge in [0.1, 0.15) is 0 Å². The van der Waals surface area contributed by atoms with E-state index in [0.29, 0.717) is 25.7 Å². The van der Waals surface area contributed by atoms with Gasteiger partial charge in [-0.3, -0.25) is 0 Å². The van der Waals surface area contributed by atoms with Crippen molar-refractivity contribution in [2.45, 2.75) is 94.3 Å². The molecule has 0 aromatic heterocycles. The lowest BCUT2D eigenvalue weighted by molar-refractivity contribution is 0.287. The third-order valence-corrected chi connectivity index (χ3v) is 17.5. The first-order valence-electron chi connectivity index (χ1n) is 11.8. The minimum Gasteiger partial charge on any atom is -0.396 e. The Morgan fingerprint density at radius 2 is 1.03 bits per heavy atom. The van der Waals surface area contributed by atoms with Gasteiger partial charge in [-0.15, -0.1) is 0 Å². The first kappa shape index (κ1) is 33.7. The fraction of sp³-hybridized carbons (Fsp3) is 1.00. The highest BCUT2D eigenvalue weighted by atomic mass is 33.2. The number of rotatable bonds is 21. The summed E-state index contributed by atoms with van der Waals surface area (Å²) >= 11 is 0. The van der Waals surface area contributed by atoms with Gasteiger partial charge in [0.25, 0.3) is 17.7 Å². The summed E-state index contributed by atoms with van der Waals surface area (Å²) in [6, 6.07) is 0. The van der Waals surface area contributed by atoms with Crippen molar-refractivity contribution < 1.29 is 43.9 Å². The fourth-order valence-corrected chi connectivity index (χ4v) is 15.0. The number of hydrogen-bond acceptors (Lipinski definition) is 10. The van der Waals surface area contributed by atoms with Crippen molar-refractivity contribution >= 4 is 37.4 Å². The highest BCUT2D eigenvalue weighted by Gasteiger charge is 2.44. The van der Waals surface area contributed by atoms with Gasteiger partial charge in [0.15, 0.2) is 24.3 Å². The van der Waals surface area contributed by atoms with E-state index in [1.54, 1.807) is 6.92 Å². The minimum absolute atomic E-state index is 0.0280. The van der Waals surface area contributed by atoms with Crippen LogP contribution in [0.15, 0.2) is 0 Å². The molecule has 0 spiro atoms. The van der Waals surface area contributed by atoms with Crippen molar-refractivity contribution in [3.63, 3.8) is 0 Å². The molecule has 2 unspecified atom stereocenters. The Balaban J connectivity index is 5.32. The van der Waals surface area contributed by atoms with E-state index < -0.39 is 58.8 Å². The Morgan fingerprint density at radius 1 is 0.559 bits per heavy atom. The Bertz CT molecular complexity index is 984. The molecule has 0 bridgehead atoms. The average molecular weight is 571 g/mol. The number of sulfone groups is 2. The summed E-state index contributed by atoms with van der Waals surface area (Å²) in [4.78, 5) is 0. The van der Waals surface area contributed by atoms with E-state index in [2.05, 4.69) is 0 Å². The van der Waals surface area contributed by atoms with Crippen LogP contribution in [0.4, 0.5) is 0 Å². The predicted molar refractivity (Wildman–Crippen MR) is 134 cm³/mol. The predicted octanol–water partition coefficient (Wildman–Crippen LogP) is 1.57. The van der Waals surface area contributed by atoms with Crippen molar-refractivity contribution in [1.29, 1.82) is 0 Å². The summed E-state index contributed by atoms with van der Waals surface area (Å²) in [5.74, 6) is -1.37. The van der Waals surface area contributed by atoms with E-state index in [4.69, 9.17) is 10.2 Å². The maximum Gasteiger partial charge on any atom is 0.270 e. The van der Waals surface area contributed by atoms with Gasteiger partial charge in [-0.1, -0.05) is 33.1 Å². The SMILES string of the molecule is CCCC(CCCCS(=O)(=O)S(=O)(=O)C(CCC)S(=O)(=O)CCCCO)S(=O)(=O)CCCCO. The quantitative estimate of drug-likeness (QED) is 0.152. The van der Waals surface area contributed by atoms with Gasteiger partial charge in [0.05, 0.1) is 22.5 Å². The van der Waals surface area contributed by atoms with Crippen LogP contribution >= 0.6 is 0 Å². The molecule has 34 heavy (non-hydrogen) atoms. The van der Waals surface area contributed by atoms with Gasteiger partial charge in [-0.2, -0.15) is 0 Å². The van der Waals surface area contributed by atoms with Crippen LogP contribution in [0.5, 0.6) is 0 Å². The fourth-order valence-electron chi connectivity index (χ4n) is 3.62. The first-order chi connectivity index (χ1) is 15.7. The van der Waals surface area contributed by atoms with Crippen LogP contribution in [0.2, 0.25) is 0 Å². The van der Waals surface area contributed by atoms with E-state index in [1.807, 2.05) is 6.92 Å². The zero-order chi connectivity index (χ0) is 26.5. The molecule has 0 fully saturated rings. The van der Waals surface area contributed by atoms with Crippen LogP contribution in [-0.4, -0.2) is 84.2 Å². The molecular weight excluding hydrogens is 528 g/mol. The van der Waals surface area contributed by atoms with Crippen LogP contribution in [-0.2, 0) is 37.4 Å². The molecule has 0 rings (SSSR count). The van der Waals surface area contributed by atoms with E-state index in [9.17, 15) is 33.7 Å². The molecular formula is C20H42O10S4. The highest BCUT2D eigenvalue weighted by Crippen LogP contribution is 2.25. The molecule has 0 radical (unpaired) electrons. The number of unbranched alkanes of at least 4 members (excludes halogenated alkanes) is 3. The van der Waals surface area contributed by atoms with Gasteiger partial charge in [-0.05, 0) is 51.4 Å². The Morgan fingerprint density at radius 3 is 1.50 bits per heavy atom. The van der Waals surface area contributed by atoms with Gasteiger partial charge in [0, 0.05) is 13.2 Å². The van der Waals surface area contributed by atoms with E-state index in [0.717, 1.165) is 0 Å². The normalized spacial score (nSPS) is 15.3. The van der Waals surface area contributed by atoms with Gasteiger partial charge in [0.2, 0.25) is 0 Å². The molecule has 0 aromatic rings. The van der Waals surface area contributed by atoms with Gasteiger partial charge >= 0.3 is 0 Å². The second-order valence-corrected chi connectivity index (χ2v) is 19.5. The number of aliphatic hydroxyl groups is 2. The summed E-state index contributed by atoms with van der Waals surface area (Å²) in [7, 11) is -17.5. The minimum atomic E-state index is -5.03. The standard InChI is InChI=1S/C20H42O10S4/c1-3-11-19(31(23,24)16-9-6-14-21)13-5-8-18-33(27,28)34(29,30)20(12-4-2)32(25,26)17-10-7-15-22/h19-22H,3-18H2,1-2H3. The third kappa shape index (κ3) is 10.8. The molecule has 0 saturated carbocycles. The molecule has 14 heteroatoms. The van der Waals surface area contributed by atoms with Gasteiger partial charge < -0.3 is 10.2 Å². The van der Waals surface area contributed by atoms with E-state index >= 15 is 0 Å². The topological polar surface area (TPSA) is 177 Å². The molecule has 0 aliphatic heterocycles. The molecule has 0 heterocycles. The first-order valence-corrected chi connectivity index (χ1v) is 19.0. The molecule has 0 aliphatic carbocycles. The van der Waals surface area contributed by atoms with E-state index in [-0.39, 0.29) is 63.9 Å². The lowest BCUT2D eigenvalue weighted by atomic mass is 10.1. The smallest absolute Gasteiger partial charge is 0.270 e. The van der Waals surface area contributed by atoms with Crippen LogP contribution < -0.4 is 0 Å². The summed E-state index contributed by atoms with van der Waals surface area (Å²) in [5, 5.41) is 17.0.